The van der Waals surface area contributed by atoms with Crippen molar-refractivity contribution in [1.29, 1.82) is 0 Å². The van der Waals surface area contributed by atoms with Crippen molar-refractivity contribution in [1.82, 2.24) is 9.78 Å². The number of para-hydroxylation sites is 1. The highest BCUT2D eigenvalue weighted by Crippen LogP contribution is 2.18. The van der Waals surface area contributed by atoms with Gasteiger partial charge in [-0.3, -0.25) is 4.68 Å². The first-order valence-corrected chi connectivity index (χ1v) is 5.79. The molecule has 5 heteroatoms. The van der Waals surface area contributed by atoms with E-state index in [1.54, 1.807) is 10.9 Å². The van der Waals surface area contributed by atoms with E-state index < -0.39 is 11.6 Å². The van der Waals surface area contributed by atoms with E-state index in [9.17, 15) is 8.78 Å². The van der Waals surface area contributed by atoms with E-state index in [1.165, 1.54) is 18.2 Å². The molecule has 0 saturated heterocycles. The van der Waals surface area contributed by atoms with E-state index in [0.717, 1.165) is 5.56 Å². The minimum atomic E-state index is -0.591. The smallest absolute Gasteiger partial charge is 0.149 e. The molecule has 0 saturated carbocycles. The predicted octanol–water partition coefficient (Wildman–Crippen LogP) is 3.35. The normalized spacial score (nSPS) is 10.9. The zero-order chi connectivity index (χ0) is 13.1. The summed E-state index contributed by atoms with van der Waals surface area (Å²) in [7, 11) is 0. The molecule has 3 nitrogen and oxygen atoms in total. The van der Waals surface area contributed by atoms with E-state index in [4.69, 9.17) is 0 Å². The second-order valence-corrected chi connectivity index (χ2v) is 4.37. The van der Waals surface area contributed by atoms with Crippen LogP contribution in [-0.2, 0) is 6.54 Å². The molecule has 0 amide bonds. The molecule has 1 heterocycles. The zero-order valence-electron chi connectivity index (χ0n) is 10.3. The third-order valence-corrected chi connectivity index (χ3v) is 2.62. The SMILES string of the molecule is CC(C)n1cc(CNc2c(F)cccc2F)cn1. The Balaban J connectivity index is 2.07. The van der Waals surface area contributed by atoms with Gasteiger partial charge in [0, 0.05) is 24.3 Å². The minimum Gasteiger partial charge on any atom is -0.376 e. The first-order valence-electron chi connectivity index (χ1n) is 5.79. The number of anilines is 1. The second-order valence-electron chi connectivity index (χ2n) is 4.37. The van der Waals surface area contributed by atoms with Gasteiger partial charge < -0.3 is 5.32 Å². The Hall–Kier alpha value is -1.91. The third-order valence-electron chi connectivity index (χ3n) is 2.62. The Kier molecular flexibility index (Phi) is 3.60. The molecule has 0 spiro atoms. The quantitative estimate of drug-likeness (QED) is 0.903. The highest BCUT2D eigenvalue weighted by molar-refractivity contribution is 5.46. The lowest BCUT2D eigenvalue weighted by molar-refractivity contribution is 0.532. The summed E-state index contributed by atoms with van der Waals surface area (Å²) in [6.07, 6.45) is 3.54. The maximum Gasteiger partial charge on any atom is 0.149 e. The summed E-state index contributed by atoms with van der Waals surface area (Å²) in [5.74, 6) is -1.18. The monoisotopic (exact) mass is 251 g/mol. The van der Waals surface area contributed by atoms with Gasteiger partial charge in [-0.2, -0.15) is 5.10 Å². The molecular formula is C13H15F2N3. The third kappa shape index (κ3) is 2.67. The number of nitrogens with one attached hydrogen (secondary N) is 1. The predicted molar refractivity (Wildman–Crippen MR) is 66.3 cm³/mol. The molecule has 0 unspecified atom stereocenters. The van der Waals surface area contributed by atoms with Crippen LogP contribution in [0.15, 0.2) is 30.6 Å². The zero-order valence-corrected chi connectivity index (χ0v) is 10.3. The van der Waals surface area contributed by atoms with Gasteiger partial charge in [-0.25, -0.2) is 8.78 Å². The first-order chi connectivity index (χ1) is 8.58. The van der Waals surface area contributed by atoms with Crippen LogP contribution in [-0.4, -0.2) is 9.78 Å². The molecule has 0 atom stereocenters. The largest absolute Gasteiger partial charge is 0.376 e. The molecule has 0 aliphatic heterocycles. The van der Waals surface area contributed by atoms with Crippen molar-refractivity contribution in [3.05, 3.63) is 47.8 Å². The number of nitrogens with zero attached hydrogens (tertiary/aromatic N) is 2. The molecular weight excluding hydrogens is 236 g/mol. The van der Waals surface area contributed by atoms with E-state index in [-0.39, 0.29) is 11.7 Å². The summed E-state index contributed by atoms with van der Waals surface area (Å²) in [4.78, 5) is 0. The van der Waals surface area contributed by atoms with Crippen LogP contribution in [0.4, 0.5) is 14.5 Å². The van der Waals surface area contributed by atoms with Crippen molar-refractivity contribution in [2.24, 2.45) is 0 Å². The average molecular weight is 251 g/mol. The van der Waals surface area contributed by atoms with Gasteiger partial charge >= 0.3 is 0 Å². The molecule has 1 aromatic carbocycles. The molecule has 1 N–H and O–H groups in total. The van der Waals surface area contributed by atoms with Crippen molar-refractivity contribution in [2.45, 2.75) is 26.4 Å². The molecule has 0 radical (unpaired) electrons. The van der Waals surface area contributed by atoms with Gasteiger partial charge in [-0.1, -0.05) is 6.07 Å². The Bertz CT molecular complexity index is 515. The fourth-order valence-corrected chi connectivity index (χ4v) is 1.61. The topological polar surface area (TPSA) is 29.9 Å². The standard InChI is InChI=1S/C13H15F2N3/c1-9(2)18-8-10(7-17-18)6-16-13-11(14)4-3-5-12(13)15/h3-5,7-9,16H,6H2,1-2H3. The van der Waals surface area contributed by atoms with Crippen LogP contribution in [0, 0.1) is 11.6 Å². The molecule has 2 rings (SSSR count). The number of hydrogen-bond donors (Lipinski definition) is 1. The molecule has 0 aliphatic rings. The Morgan fingerprint density at radius 1 is 1.28 bits per heavy atom. The molecule has 1 aromatic heterocycles. The van der Waals surface area contributed by atoms with Gasteiger partial charge in [0.1, 0.15) is 17.3 Å². The Morgan fingerprint density at radius 3 is 2.50 bits per heavy atom. The number of rotatable bonds is 4. The summed E-state index contributed by atoms with van der Waals surface area (Å²) in [6, 6.07) is 4.06. The van der Waals surface area contributed by atoms with Crippen LogP contribution in [0.2, 0.25) is 0 Å². The van der Waals surface area contributed by atoms with E-state index in [1.807, 2.05) is 20.0 Å². The van der Waals surface area contributed by atoms with Gasteiger partial charge in [0.05, 0.1) is 6.20 Å². The van der Waals surface area contributed by atoms with Gasteiger partial charge in [0.15, 0.2) is 0 Å². The fourth-order valence-electron chi connectivity index (χ4n) is 1.61. The molecule has 2 aromatic rings. The Morgan fingerprint density at radius 2 is 1.94 bits per heavy atom. The van der Waals surface area contributed by atoms with Crippen molar-refractivity contribution in [3.8, 4) is 0 Å². The summed E-state index contributed by atoms with van der Waals surface area (Å²) in [5, 5.41) is 6.91. The lowest BCUT2D eigenvalue weighted by Crippen LogP contribution is -2.03. The maximum absolute atomic E-state index is 13.4. The lowest BCUT2D eigenvalue weighted by Gasteiger charge is -2.07. The molecule has 0 aliphatic carbocycles. The number of benzene rings is 1. The van der Waals surface area contributed by atoms with Crippen LogP contribution in [0.25, 0.3) is 0 Å². The van der Waals surface area contributed by atoms with E-state index >= 15 is 0 Å². The molecule has 0 fully saturated rings. The maximum atomic E-state index is 13.4. The summed E-state index contributed by atoms with van der Waals surface area (Å²) in [6.45, 7) is 4.37. The molecule has 18 heavy (non-hydrogen) atoms. The van der Waals surface area contributed by atoms with Gasteiger partial charge in [0.25, 0.3) is 0 Å². The average Bonchev–Trinajstić information content (AvgIpc) is 2.77. The first kappa shape index (κ1) is 12.5. The van der Waals surface area contributed by atoms with Crippen LogP contribution in [0.1, 0.15) is 25.5 Å². The van der Waals surface area contributed by atoms with Crippen molar-refractivity contribution >= 4 is 5.69 Å². The molecule has 0 bridgehead atoms. The van der Waals surface area contributed by atoms with Gasteiger partial charge in [-0.05, 0) is 26.0 Å². The van der Waals surface area contributed by atoms with E-state index in [0.29, 0.717) is 6.54 Å². The van der Waals surface area contributed by atoms with E-state index in [2.05, 4.69) is 10.4 Å². The van der Waals surface area contributed by atoms with Crippen molar-refractivity contribution in [3.63, 3.8) is 0 Å². The van der Waals surface area contributed by atoms with Crippen molar-refractivity contribution < 1.29 is 8.78 Å². The number of halogens is 2. The number of hydrogen-bond acceptors (Lipinski definition) is 2. The van der Waals surface area contributed by atoms with Crippen LogP contribution in [0.5, 0.6) is 0 Å². The lowest BCUT2D eigenvalue weighted by atomic mass is 10.2. The summed E-state index contributed by atoms with van der Waals surface area (Å²) >= 11 is 0. The summed E-state index contributed by atoms with van der Waals surface area (Å²) < 4.78 is 28.5. The second kappa shape index (κ2) is 5.16. The van der Waals surface area contributed by atoms with Gasteiger partial charge in [0.2, 0.25) is 0 Å². The van der Waals surface area contributed by atoms with Crippen molar-refractivity contribution in [2.75, 3.05) is 5.32 Å². The van der Waals surface area contributed by atoms with Crippen LogP contribution < -0.4 is 5.32 Å². The van der Waals surface area contributed by atoms with Gasteiger partial charge in [-0.15, -0.1) is 0 Å². The number of aromatic nitrogens is 2. The Labute approximate surface area is 104 Å². The molecule has 96 valence electrons. The highest BCUT2D eigenvalue weighted by atomic mass is 19.1. The fraction of sp³-hybridized carbons (Fsp3) is 0.308. The highest BCUT2D eigenvalue weighted by Gasteiger charge is 2.08. The van der Waals surface area contributed by atoms with Crippen LogP contribution >= 0.6 is 0 Å². The minimum absolute atomic E-state index is 0.102. The summed E-state index contributed by atoms with van der Waals surface area (Å²) in [5.41, 5.74) is 0.779. The van der Waals surface area contributed by atoms with Crippen LogP contribution in [0.3, 0.4) is 0 Å².